The molecule has 32 heavy (non-hydrogen) atoms. The SMILES string of the molecule is COc1cc2nccc(Oc3cc4occ(C(=O)NC5CC5)c4cc3F)c2cc1C(N)=O. The summed E-state index contributed by atoms with van der Waals surface area (Å²) in [5, 5.41) is 3.66. The van der Waals surface area contributed by atoms with E-state index < -0.39 is 11.7 Å². The summed E-state index contributed by atoms with van der Waals surface area (Å²) in [7, 11) is 1.42. The Labute approximate surface area is 181 Å². The number of halogens is 1. The van der Waals surface area contributed by atoms with Crippen molar-refractivity contribution >= 4 is 33.7 Å². The van der Waals surface area contributed by atoms with Crippen LogP contribution in [0.2, 0.25) is 0 Å². The van der Waals surface area contributed by atoms with E-state index in [0.29, 0.717) is 21.9 Å². The summed E-state index contributed by atoms with van der Waals surface area (Å²) >= 11 is 0. The van der Waals surface area contributed by atoms with E-state index in [9.17, 15) is 14.0 Å². The molecule has 5 rings (SSSR count). The zero-order chi connectivity index (χ0) is 22.4. The van der Waals surface area contributed by atoms with Crippen LogP contribution in [0.1, 0.15) is 33.6 Å². The van der Waals surface area contributed by atoms with Gasteiger partial charge in [0.05, 0.1) is 23.8 Å². The molecule has 2 heterocycles. The number of benzene rings is 2. The largest absolute Gasteiger partial charge is 0.496 e. The minimum absolute atomic E-state index is 0.107. The van der Waals surface area contributed by atoms with Crippen LogP contribution in [0.3, 0.4) is 0 Å². The van der Waals surface area contributed by atoms with Crippen LogP contribution in [0.25, 0.3) is 21.9 Å². The first kappa shape index (κ1) is 19.8. The molecule has 9 heteroatoms. The molecule has 1 fully saturated rings. The van der Waals surface area contributed by atoms with Crippen LogP contribution in [0.4, 0.5) is 4.39 Å². The summed E-state index contributed by atoms with van der Waals surface area (Å²) in [5.41, 5.74) is 6.64. The number of ether oxygens (including phenoxy) is 2. The van der Waals surface area contributed by atoms with Gasteiger partial charge in [-0.05, 0) is 31.0 Å². The summed E-state index contributed by atoms with van der Waals surface area (Å²) in [6.07, 6.45) is 4.68. The molecule has 8 nitrogen and oxygen atoms in total. The second-order valence-corrected chi connectivity index (χ2v) is 7.52. The quantitative estimate of drug-likeness (QED) is 0.474. The van der Waals surface area contributed by atoms with Crippen molar-refractivity contribution in [2.24, 2.45) is 5.73 Å². The number of nitrogens with zero attached hydrogens (tertiary/aromatic N) is 1. The number of nitrogens with one attached hydrogen (secondary N) is 1. The zero-order valence-corrected chi connectivity index (χ0v) is 17.0. The lowest BCUT2D eigenvalue weighted by molar-refractivity contribution is 0.0950. The molecule has 1 aliphatic carbocycles. The normalized spacial score (nSPS) is 13.3. The van der Waals surface area contributed by atoms with Gasteiger partial charge in [-0.3, -0.25) is 14.6 Å². The number of hydrogen-bond acceptors (Lipinski definition) is 6. The number of primary amides is 1. The van der Waals surface area contributed by atoms with E-state index in [0.717, 1.165) is 12.8 Å². The molecule has 0 bridgehead atoms. The van der Waals surface area contributed by atoms with Gasteiger partial charge in [0.15, 0.2) is 11.6 Å². The van der Waals surface area contributed by atoms with Crippen molar-refractivity contribution < 1.29 is 27.9 Å². The molecule has 2 aromatic carbocycles. The molecule has 0 spiro atoms. The maximum absolute atomic E-state index is 14.9. The number of pyridine rings is 1. The average molecular weight is 435 g/mol. The Balaban J connectivity index is 1.54. The summed E-state index contributed by atoms with van der Waals surface area (Å²) in [6.45, 7) is 0. The van der Waals surface area contributed by atoms with Gasteiger partial charge in [0.1, 0.15) is 23.3 Å². The Kier molecular flexibility index (Phi) is 4.66. The van der Waals surface area contributed by atoms with Gasteiger partial charge in [-0.25, -0.2) is 4.39 Å². The number of nitrogens with two attached hydrogens (primary N) is 1. The highest BCUT2D eigenvalue weighted by Gasteiger charge is 2.26. The number of fused-ring (bicyclic) bond motifs is 2. The number of methoxy groups -OCH3 is 1. The lowest BCUT2D eigenvalue weighted by Crippen LogP contribution is -2.24. The fourth-order valence-corrected chi connectivity index (χ4v) is 3.49. The van der Waals surface area contributed by atoms with Crippen molar-refractivity contribution in [3.8, 4) is 17.2 Å². The zero-order valence-electron chi connectivity index (χ0n) is 17.0. The van der Waals surface area contributed by atoms with Crippen LogP contribution in [0.5, 0.6) is 17.2 Å². The minimum atomic E-state index is -0.682. The van der Waals surface area contributed by atoms with Crippen molar-refractivity contribution in [1.29, 1.82) is 0 Å². The predicted molar refractivity (Wildman–Crippen MR) is 114 cm³/mol. The van der Waals surface area contributed by atoms with Gasteiger partial charge in [-0.2, -0.15) is 0 Å². The van der Waals surface area contributed by atoms with Crippen molar-refractivity contribution in [1.82, 2.24) is 10.3 Å². The lowest BCUT2D eigenvalue weighted by Gasteiger charge is -2.12. The Hall–Kier alpha value is -4.14. The van der Waals surface area contributed by atoms with Gasteiger partial charge in [0.25, 0.3) is 11.8 Å². The Morgan fingerprint density at radius 1 is 1.12 bits per heavy atom. The van der Waals surface area contributed by atoms with E-state index in [1.807, 2.05) is 0 Å². The molecule has 0 saturated heterocycles. The van der Waals surface area contributed by atoms with E-state index in [1.54, 1.807) is 12.1 Å². The number of carbonyl (C=O) groups is 2. The van der Waals surface area contributed by atoms with Crippen molar-refractivity contribution in [2.45, 2.75) is 18.9 Å². The predicted octanol–water partition coefficient (Wildman–Crippen LogP) is 3.91. The number of aromatic nitrogens is 1. The lowest BCUT2D eigenvalue weighted by atomic mass is 10.1. The minimum Gasteiger partial charge on any atom is -0.496 e. The van der Waals surface area contributed by atoms with E-state index in [2.05, 4.69) is 10.3 Å². The number of rotatable bonds is 6. The van der Waals surface area contributed by atoms with Crippen molar-refractivity contribution in [3.63, 3.8) is 0 Å². The molecule has 0 radical (unpaired) electrons. The Morgan fingerprint density at radius 3 is 2.66 bits per heavy atom. The average Bonchev–Trinajstić information content (AvgIpc) is 3.50. The van der Waals surface area contributed by atoms with Crippen LogP contribution in [-0.4, -0.2) is 29.9 Å². The molecule has 3 N–H and O–H groups in total. The van der Waals surface area contributed by atoms with Crippen LogP contribution in [0.15, 0.2) is 47.2 Å². The van der Waals surface area contributed by atoms with E-state index in [4.69, 9.17) is 19.6 Å². The first-order valence-electron chi connectivity index (χ1n) is 9.90. The third-order valence-corrected chi connectivity index (χ3v) is 5.29. The summed E-state index contributed by atoms with van der Waals surface area (Å²) in [5.74, 6) is -1.23. The van der Waals surface area contributed by atoms with Gasteiger partial charge in [-0.15, -0.1) is 0 Å². The number of hydrogen-bond donors (Lipinski definition) is 2. The molecule has 2 aromatic heterocycles. The molecular formula is C23H18FN3O5. The second-order valence-electron chi connectivity index (χ2n) is 7.52. The molecule has 0 atom stereocenters. The van der Waals surface area contributed by atoms with Crippen molar-refractivity contribution in [3.05, 3.63) is 59.7 Å². The smallest absolute Gasteiger partial charge is 0.255 e. The third-order valence-electron chi connectivity index (χ3n) is 5.29. The number of amides is 2. The van der Waals surface area contributed by atoms with Crippen LogP contribution in [-0.2, 0) is 0 Å². The van der Waals surface area contributed by atoms with E-state index in [1.165, 1.54) is 37.8 Å². The fourth-order valence-electron chi connectivity index (χ4n) is 3.49. The molecular weight excluding hydrogens is 417 g/mol. The fraction of sp³-hybridized carbons (Fsp3) is 0.174. The highest BCUT2D eigenvalue weighted by molar-refractivity contribution is 6.06. The van der Waals surface area contributed by atoms with Crippen LogP contribution in [0, 0.1) is 5.82 Å². The maximum Gasteiger partial charge on any atom is 0.255 e. The van der Waals surface area contributed by atoms with E-state index in [-0.39, 0.29) is 40.3 Å². The third kappa shape index (κ3) is 3.47. The van der Waals surface area contributed by atoms with Gasteiger partial charge < -0.3 is 24.9 Å². The topological polar surface area (TPSA) is 117 Å². The highest BCUT2D eigenvalue weighted by atomic mass is 19.1. The number of furan rings is 1. The van der Waals surface area contributed by atoms with Crippen LogP contribution >= 0.6 is 0 Å². The molecule has 0 aliphatic heterocycles. The van der Waals surface area contributed by atoms with E-state index >= 15 is 0 Å². The molecule has 4 aromatic rings. The monoisotopic (exact) mass is 435 g/mol. The highest BCUT2D eigenvalue weighted by Crippen LogP contribution is 2.36. The Bertz CT molecular complexity index is 1390. The standard InChI is InChI=1S/C23H18FN3O5/c1-30-19-8-17-13(6-14(19)22(25)28)18(4-5-26-17)32-21-9-20-12(7-16(21)24)15(10-31-20)23(29)27-11-2-3-11/h4-11H,2-3H2,1H3,(H2,25,28)(H,27,29). The molecule has 162 valence electrons. The molecule has 1 aliphatic rings. The van der Waals surface area contributed by atoms with Crippen LogP contribution < -0.4 is 20.5 Å². The second kappa shape index (κ2) is 7.52. The first-order valence-corrected chi connectivity index (χ1v) is 9.90. The van der Waals surface area contributed by atoms with Gasteiger partial charge in [0.2, 0.25) is 0 Å². The summed E-state index contributed by atoms with van der Waals surface area (Å²) in [6, 6.07) is 7.34. The maximum atomic E-state index is 14.9. The van der Waals surface area contributed by atoms with Gasteiger partial charge in [-0.1, -0.05) is 0 Å². The summed E-state index contributed by atoms with van der Waals surface area (Å²) < 4.78 is 31.4. The molecule has 0 unspecified atom stereocenters. The summed E-state index contributed by atoms with van der Waals surface area (Å²) in [4.78, 5) is 28.4. The Morgan fingerprint density at radius 2 is 1.94 bits per heavy atom. The first-order chi connectivity index (χ1) is 15.4. The molecule has 2 amide bonds. The molecule has 1 saturated carbocycles. The van der Waals surface area contributed by atoms with Crippen molar-refractivity contribution in [2.75, 3.05) is 7.11 Å². The number of carbonyl (C=O) groups excluding carboxylic acids is 2. The van der Waals surface area contributed by atoms with Gasteiger partial charge >= 0.3 is 0 Å². The van der Waals surface area contributed by atoms with Gasteiger partial charge in [0, 0.05) is 35.1 Å².